The molecule has 0 bridgehead atoms. The lowest BCUT2D eigenvalue weighted by Gasteiger charge is -2.19. The first-order chi connectivity index (χ1) is 6.62. The normalized spacial score (nSPS) is 15.0. The van der Waals surface area contributed by atoms with Crippen molar-refractivity contribution in [3.8, 4) is 6.07 Å². The third kappa shape index (κ3) is 4.65. The topological polar surface area (TPSA) is 57.9 Å². The summed E-state index contributed by atoms with van der Waals surface area (Å²) in [4.78, 5) is 0. The number of hydrogen-bond acceptors (Lipinski definition) is 3. The fourth-order valence-corrected chi connectivity index (χ4v) is 3.05. The van der Waals surface area contributed by atoms with Gasteiger partial charge in [0.2, 0.25) is 0 Å². The van der Waals surface area contributed by atoms with Crippen LogP contribution >= 0.6 is 0 Å². The van der Waals surface area contributed by atoms with E-state index in [1.807, 2.05) is 13.8 Å². The maximum absolute atomic E-state index is 11.8. The first kappa shape index (κ1) is 14.4. The molecule has 0 aliphatic rings. The highest BCUT2D eigenvalue weighted by molar-refractivity contribution is 7.92. The molecule has 0 aliphatic carbocycles. The predicted molar refractivity (Wildman–Crippen MR) is 62.1 cm³/mol. The summed E-state index contributed by atoms with van der Waals surface area (Å²) in [6, 6.07) is 2.12. The molecule has 88 valence electrons. The highest BCUT2D eigenvalue weighted by Crippen LogP contribution is 2.22. The highest BCUT2D eigenvalue weighted by atomic mass is 32.2. The van der Waals surface area contributed by atoms with Crippen molar-refractivity contribution in [3.63, 3.8) is 0 Å². The van der Waals surface area contributed by atoms with Gasteiger partial charge in [-0.2, -0.15) is 5.26 Å². The Morgan fingerprint density at radius 2 is 1.73 bits per heavy atom. The summed E-state index contributed by atoms with van der Waals surface area (Å²) >= 11 is 0. The van der Waals surface area contributed by atoms with Gasteiger partial charge in [-0.05, 0) is 33.1 Å². The smallest absolute Gasteiger partial charge is 0.153 e. The molecule has 0 rings (SSSR count). The molecule has 1 unspecified atom stereocenters. The van der Waals surface area contributed by atoms with Crippen LogP contribution in [0.2, 0.25) is 0 Å². The predicted octanol–water partition coefficient (Wildman–Crippen LogP) is 2.39. The minimum absolute atomic E-state index is 0.104. The van der Waals surface area contributed by atoms with Gasteiger partial charge in [-0.15, -0.1) is 0 Å². The quantitative estimate of drug-likeness (QED) is 0.730. The van der Waals surface area contributed by atoms with E-state index < -0.39 is 15.3 Å². The molecule has 0 N–H and O–H groups in total. The van der Waals surface area contributed by atoms with Gasteiger partial charge in [-0.25, -0.2) is 8.42 Å². The molecule has 0 aromatic carbocycles. The Balaban J connectivity index is 4.50. The number of hydrogen-bond donors (Lipinski definition) is 0. The third-order valence-electron chi connectivity index (χ3n) is 2.82. The van der Waals surface area contributed by atoms with Crippen LogP contribution in [0.3, 0.4) is 0 Å². The zero-order valence-electron chi connectivity index (χ0n) is 10.2. The minimum Gasteiger partial charge on any atom is -0.229 e. The second kappa shape index (κ2) is 4.98. The molecular formula is C11H21NO2S. The third-order valence-corrected chi connectivity index (χ3v) is 5.27. The molecule has 1 atom stereocenters. The van der Waals surface area contributed by atoms with Gasteiger partial charge >= 0.3 is 0 Å². The SMILES string of the molecule is CC(C)C(C)S(=O)(=O)CCC(C)(C)C#N. The molecule has 0 aromatic rings. The fraction of sp³-hybridized carbons (Fsp3) is 0.909. The highest BCUT2D eigenvalue weighted by Gasteiger charge is 2.27. The van der Waals surface area contributed by atoms with Gasteiger partial charge in [-0.1, -0.05) is 13.8 Å². The van der Waals surface area contributed by atoms with Gasteiger partial charge in [0.25, 0.3) is 0 Å². The Bertz CT molecular complexity index is 336. The number of nitrogens with zero attached hydrogens (tertiary/aromatic N) is 1. The summed E-state index contributed by atoms with van der Waals surface area (Å²) in [6.45, 7) is 9.07. The zero-order chi connectivity index (χ0) is 12.3. The average molecular weight is 231 g/mol. The van der Waals surface area contributed by atoms with E-state index >= 15 is 0 Å². The van der Waals surface area contributed by atoms with Gasteiger partial charge in [0.15, 0.2) is 9.84 Å². The second-order valence-corrected chi connectivity index (χ2v) is 7.54. The first-order valence-electron chi connectivity index (χ1n) is 5.25. The zero-order valence-corrected chi connectivity index (χ0v) is 11.1. The van der Waals surface area contributed by atoms with E-state index in [0.29, 0.717) is 6.42 Å². The number of sulfone groups is 1. The lowest BCUT2D eigenvalue weighted by Crippen LogP contribution is -2.28. The summed E-state index contributed by atoms with van der Waals surface area (Å²) in [7, 11) is -3.05. The molecule has 0 spiro atoms. The van der Waals surface area contributed by atoms with Crippen molar-refractivity contribution in [1.82, 2.24) is 0 Å². The van der Waals surface area contributed by atoms with Crippen LogP contribution in [0.1, 0.15) is 41.0 Å². The van der Waals surface area contributed by atoms with Gasteiger partial charge in [0, 0.05) is 0 Å². The minimum atomic E-state index is -3.05. The van der Waals surface area contributed by atoms with E-state index in [9.17, 15) is 8.42 Å². The maximum Gasteiger partial charge on any atom is 0.153 e. The van der Waals surface area contributed by atoms with Crippen LogP contribution < -0.4 is 0 Å². The van der Waals surface area contributed by atoms with E-state index in [0.717, 1.165) is 0 Å². The van der Waals surface area contributed by atoms with Crippen LogP contribution in [0, 0.1) is 22.7 Å². The molecule has 0 saturated heterocycles. The molecule has 0 amide bonds. The summed E-state index contributed by atoms with van der Waals surface area (Å²) in [5.74, 6) is 0.229. The van der Waals surface area contributed by atoms with Crippen LogP contribution in [0.4, 0.5) is 0 Å². The van der Waals surface area contributed by atoms with E-state index in [1.165, 1.54) is 0 Å². The average Bonchev–Trinajstić information content (AvgIpc) is 2.14. The van der Waals surface area contributed by atoms with Crippen molar-refractivity contribution in [2.75, 3.05) is 5.75 Å². The Kier molecular flexibility index (Phi) is 4.79. The maximum atomic E-state index is 11.8. The van der Waals surface area contributed by atoms with Crippen molar-refractivity contribution < 1.29 is 8.42 Å². The van der Waals surface area contributed by atoms with Crippen molar-refractivity contribution in [2.45, 2.75) is 46.3 Å². The van der Waals surface area contributed by atoms with Gasteiger partial charge in [-0.3, -0.25) is 0 Å². The first-order valence-corrected chi connectivity index (χ1v) is 6.97. The van der Waals surface area contributed by atoms with Crippen molar-refractivity contribution >= 4 is 9.84 Å². The summed E-state index contributed by atoms with van der Waals surface area (Å²) in [5, 5.41) is 8.47. The Morgan fingerprint density at radius 1 is 1.27 bits per heavy atom. The molecule has 0 aromatic heterocycles. The van der Waals surface area contributed by atoms with Crippen molar-refractivity contribution in [3.05, 3.63) is 0 Å². The number of nitriles is 1. The van der Waals surface area contributed by atoms with Crippen LogP contribution in [0.25, 0.3) is 0 Å². The lowest BCUT2D eigenvalue weighted by molar-refractivity contribution is 0.468. The molecular weight excluding hydrogens is 210 g/mol. The monoisotopic (exact) mass is 231 g/mol. The van der Waals surface area contributed by atoms with Gasteiger partial charge < -0.3 is 0 Å². The van der Waals surface area contributed by atoms with Crippen LogP contribution in [-0.2, 0) is 9.84 Å². The standard InChI is InChI=1S/C11H21NO2S/c1-9(2)10(3)15(13,14)7-6-11(4,5)8-12/h9-10H,6-7H2,1-5H3. The van der Waals surface area contributed by atoms with Crippen molar-refractivity contribution in [1.29, 1.82) is 5.26 Å². The van der Waals surface area contributed by atoms with Crippen LogP contribution in [0.5, 0.6) is 0 Å². The lowest BCUT2D eigenvalue weighted by atomic mass is 9.93. The van der Waals surface area contributed by atoms with E-state index in [2.05, 4.69) is 6.07 Å². The van der Waals surface area contributed by atoms with Crippen molar-refractivity contribution in [2.24, 2.45) is 11.3 Å². The molecule has 4 heteroatoms. The fourth-order valence-electron chi connectivity index (χ4n) is 1.05. The Hall–Kier alpha value is -0.560. The van der Waals surface area contributed by atoms with Gasteiger partial charge in [0.05, 0.1) is 22.5 Å². The second-order valence-electron chi connectivity index (χ2n) is 5.06. The summed E-state index contributed by atoms with van der Waals surface area (Å²) in [5.41, 5.74) is -0.552. The van der Waals surface area contributed by atoms with E-state index in [1.54, 1.807) is 20.8 Å². The Morgan fingerprint density at radius 3 is 2.07 bits per heavy atom. The molecule has 0 heterocycles. The molecule has 3 nitrogen and oxygen atoms in total. The summed E-state index contributed by atoms with van der Waals surface area (Å²) in [6.07, 6.45) is 0.406. The molecule has 0 saturated carbocycles. The van der Waals surface area contributed by atoms with E-state index in [-0.39, 0.29) is 16.9 Å². The van der Waals surface area contributed by atoms with Crippen LogP contribution in [0.15, 0.2) is 0 Å². The largest absolute Gasteiger partial charge is 0.229 e. The Labute approximate surface area is 93.4 Å². The summed E-state index contributed by atoms with van der Waals surface area (Å²) < 4.78 is 23.7. The molecule has 15 heavy (non-hydrogen) atoms. The molecule has 0 radical (unpaired) electrons. The molecule has 0 fully saturated rings. The molecule has 0 aliphatic heterocycles. The van der Waals surface area contributed by atoms with E-state index in [4.69, 9.17) is 5.26 Å². The van der Waals surface area contributed by atoms with Gasteiger partial charge in [0.1, 0.15) is 0 Å². The number of rotatable bonds is 5. The van der Waals surface area contributed by atoms with Crippen LogP contribution in [-0.4, -0.2) is 19.4 Å².